The fraction of sp³-hybridized carbons (Fsp3) is 0.286. The van der Waals surface area contributed by atoms with Crippen molar-refractivity contribution in [2.75, 3.05) is 29.6 Å². The Morgan fingerprint density at radius 2 is 1.78 bits per heavy atom. The molecule has 3 aliphatic rings. The number of halogens is 2. The van der Waals surface area contributed by atoms with Gasteiger partial charge in [0.05, 0.1) is 28.2 Å². The lowest BCUT2D eigenvalue weighted by molar-refractivity contribution is -0.126. The second-order valence-electron chi connectivity index (χ2n) is 9.94. The van der Waals surface area contributed by atoms with Crippen molar-refractivity contribution in [1.82, 2.24) is 24.4 Å². The third-order valence-electron chi connectivity index (χ3n) is 7.33. The highest BCUT2D eigenvalue weighted by atomic mass is 19.1. The van der Waals surface area contributed by atoms with E-state index in [1.807, 2.05) is 6.92 Å². The molecular weight excluding hydrogens is 536 g/mol. The third kappa shape index (κ3) is 4.47. The van der Waals surface area contributed by atoms with Crippen LogP contribution < -0.4 is 15.7 Å². The highest BCUT2D eigenvalue weighted by Crippen LogP contribution is 2.43. The molecule has 2 aromatic rings. The fourth-order valence-electron chi connectivity index (χ4n) is 5.29. The van der Waals surface area contributed by atoms with Crippen LogP contribution in [0.15, 0.2) is 64.4 Å². The predicted octanol–water partition coefficient (Wildman–Crippen LogP) is 3.02. The SMILES string of the molecule is C=CC(=O)N1CCN(c2nc(=O)n(-c3c(C)ncnc3C)c3c2C=C(F)C(=C2C(=O)C(C)=CC=C2F)N3O)[C@@H](C)C1. The summed E-state index contributed by atoms with van der Waals surface area (Å²) in [7, 11) is 0. The van der Waals surface area contributed by atoms with Crippen LogP contribution in [-0.2, 0) is 9.59 Å². The number of hydroxylamine groups is 1. The molecule has 11 nitrogen and oxygen atoms in total. The Balaban J connectivity index is 1.79. The molecule has 13 heteroatoms. The number of rotatable bonds is 3. The molecule has 2 aliphatic heterocycles. The summed E-state index contributed by atoms with van der Waals surface area (Å²) in [6.45, 7) is 10.8. The number of anilines is 2. The number of ketones is 1. The summed E-state index contributed by atoms with van der Waals surface area (Å²) in [5, 5.41) is 11.9. The van der Waals surface area contributed by atoms with Crippen LogP contribution >= 0.6 is 0 Å². The highest BCUT2D eigenvalue weighted by Gasteiger charge is 2.39. The second kappa shape index (κ2) is 10.3. The molecule has 212 valence electrons. The first-order valence-electron chi connectivity index (χ1n) is 12.8. The molecule has 1 fully saturated rings. The monoisotopic (exact) mass is 563 g/mol. The number of fused-ring (bicyclic) bond motifs is 1. The number of aryl methyl sites for hydroxylation is 2. The van der Waals surface area contributed by atoms with Gasteiger partial charge >= 0.3 is 5.69 Å². The van der Waals surface area contributed by atoms with Gasteiger partial charge in [-0.05, 0) is 51.5 Å². The van der Waals surface area contributed by atoms with E-state index in [9.17, 15) is 19.6 Å². The Morgan fingerprint density at radius 3 is 2.41 bits per heavy atom. The summed E-state index contributed by atoms with van der Waals surface area (Å²) in [6, 6.07) is -0.362. The molecular formula is C28H27F2N7O4. The van der Waals surface area contributed by atoms with Crippen molar-refractivity contribution in [1.29, 1.82) is 0 Å². The standard InChI is InChI=1S/C28H27F2N7O4/c1-6-21(38)34-9-10-35(15(3)12-34)26-18-11-20(30)24(22-19(29)8-7-14(2)25(22)39)37(41)27(18)36(28(40)33-26)23-16(4)31-13-32-17(23)5/h6-8,11,13,15,41H,1,9-10,12H2,2-5H3/t15-/m0/s1. The van der Waals surface area contributed by atoms with Crippen LogP contribution in [0.1, 0.15) is 30.8 Å². The van der Waals surface area contributed by atoms with Crippen molar-refractivity contribution >= 4 is 29.4 Å². The summed E-state index contributed by atoms with van der Waals surface area (Å²) in [5.74, 6) is -3.45. The van der Waals surface area contributed by atoms with Crippen LogP contribution in [0, 0.1) is 13.8 Å². The molecule has 1 amide bonds. The molecule has 0 aromatic carbocycles. The van der Waals surface area contributed by atoms with Gasteiger partial charge in [0, 0.05) is 25.7 Å². The molecule has 0 unspecified atom stereocenters. The number of Topliss-reactive ketones (excluding diaryl/α,β-unsaturated/α-hetero) is 1. The maximum atomic E-state index is 15.9. The molecule has 5 rings (SSSR count). The van der Waals surface area contributed by atoms with Gasteiger partial charge in [-0.2, -0.15) is 4.98 Å². The van der Waals surface area contributed by atoms with Gasteiger partial charge < -0.3 is 9.80 Å². The molecule has 1 atom stereocenters. The summed E-state index contributed by atoms with van der Waals surface area (Å²) < 4.78 is 31.9. The number of allylic oxidation sites excluding steroid dienone is 6. The molecule has 0 radical (unpaired) electrons. The Morgan fingerprint density at radius 1 is 1.10 bits per heavy atom. The lowest BCUT2D eigenvalue weighted by Gasteiger charge is -2.41. The van der Waals surface area contributed by atoms with Gasteiger partial charge in [0.25, 0.3) is 0 Å². The normalized spacial score (nSPS) is 20.9. The number of piperazine rings is 1. The Kier molecular flexibility index (Phi) is 6.99. The van der Waals surface area contributed by atoms with E-state index in [1.165, 1.54) is 25.4 Å². The first kappa shape index (κ1) is 27.8. The van der Waals surface area contributed by atoms with Crippen LogP contribution in [0.3, 0.4) is 0 Å². The van der Waals surface area contributed by atoms with Gasteiger partial charge in [-0.15, -0.1) is 0 Å². The molecule has 1 N–H and O–H groups in total. The number of nitrogens with zero attached hydrogens (tertiary/aromatic N) is 7. The zero-order chi connectivity index (χ0) is 29.7. The quantitative estimate of drug-likeness (QED) is 0.561. The lowest BCUT2D eigenvalue weighted by Crippen LogP contribution is -2.54. The number of amides is 1. The molecule has 1 saturated heterocycles. The van der Waals surface area contributed by atoms with Gasteiger partial charge in [-0.25, -0.2) is 33.2 Å². The molecule has 1 aliphatic carbocycles. The first-order chi connectivity index (χ1) is 19.5. The zero-order valence-corrected chi connectivity index (χ0v) is 22.9. The van der Waals surface area contributed by atoms with Crippen molar-refractivity contribution in [3.63, 3.8) is 0 Å². The minimum absolute atomic E-state index is 0.00635. The van der Waals surface area contributed by atoms with E-state index in [1.54, 1.807) is 23.6 Å². The summed E-state index contributed by atoms with van der Waals surface area (Å²) in [5.41, 5.74) is -1.25. The summed E-state index contributed by atoms with van der Waals surface area (Å²) >= 11 is 0. The minimum Gasteiger partial charge on any atom is -0.350 e. The maximum Gasteiger partial charge on any atom is 0.355 e. The van der Waals surface area contributed by atoms with E-state index in [0.29, 0.717) is 16.5 Å². The number of hydrogen-bond donors (Lipinski definition) is 1. The van der Waals surface area contributed by atoms with Crippen molar-refractivity contribution in [2.24, 2.45) is 0 Å². The zero-order valence-electron chi connectivity index (χ0n) is 22.9. The molecule has 0 saturated carbocycles. The summed E-state index contributed by atoms with van der Waals surface area (Å²) in [4.78, 5) is 54.8. The van der Waals surface area contributed by atoms with Crippen LogP contribution in [0.2, 0.25) is 0 Å². The second-order valence-corrected chi connectivity index (χ2v) is 9.94. The van der Waals surface area contributed by atoms with Gasteiger partial charge in [-0.1, -0.05) is 12.7 Å². The molecule has 41 heavy (non-hydrogen) atoms. The molecule has 0 bridgehead atoms. The molecule has 2 aromatic heterocycles. The number of carbonyl (C=O) groups excluding carboxylic acids is 2. The Labute approximate surface area is 233 Å². The van der Waals surface area contributed by atoms with Gasteiger partial charge in [0.15, 0.2) is 17.4 Å². The largest absolute Gasteiger partial charge is 0.355 e. The number of hydrogen-bond acceptors (Lipinski definition) is 9. The van der Waals surface area contributed by atoms with Crippen molar-refractivity contribution in [2.45, 2.75) is 33.7 Å². The number of aromatic nitrogens is 4. The van der Waals surface area contributed by atoms with Crippen LogP contribution in [0.4, 0.5) is 20.4 Å². The van der Waals surface area contributed by atoms with E-state index >= 15 is 8.78 Å². The van der Waals surface area contributed by atoms with Crippen LogP contribution in [-0.4, -0.2) is 67.0 Å². The van der Waals surface area contributed by atoms with E-state index in [4.69, 9.17) is 0 Å². The van der Waals surface area contributed by atoms with E-state index < -0.39 is 34.4 Å². The topological polar surface area (TPSA) is 125 Å². The third-order valence-corrected chi connectivity index (χ3v) is 7.33. The van der Waals surface area contributed by atoms with E-state index in [0.717, 1.165) is 16.7 Å². The summed E-state index contributed by atoms with van der Waals surface area (Å²) in [6.07, 6.45) is 5.79. The van der Waals surface area contributed by atoms with Gasteiger partial charge in [0.1, 0.15) is 23.7 Å². The number of carbonyl (C=O) groups is 2. The van der Waals surface area contributed by atoms with E-state index in [2.05, 4.69) is 21.5 Å². The fourth-order valence-corrected chi connectivity index (χ4v) is 5.29. The van der Waals surface area contributed by atoms with Gasteiger partial charge in [0.2, 0.25) is 5.91 Å². The Bertz CT molecular complexity index is 1680. The predicted molar refractivity (Wildman–Crippen MR) is 147 cm³/mol. The maximum absolute atomic E-state index is 15.9. The van der Waals surface area contributed by atoms with Crippen molar-refractivity contribution in [3.05, 3.63) is 87.1 Å². The molecule has 4 heterocycles. The van der Waals surface area contributed by atoms with Crippen molar-refractivity contribution in [3.8, 4) is 5.69 Å². The van der Waals surface area contributed by atoms with Gasteiger partial charge in [-0.3, -0.25) is 14.8 Å². The lowest BCUT2D eigenvalue weighted by atomic mass is 9.94. The van der Waals surface area contributed by atoms with Crippen molar-refractivity contribution < 1.29 is 23.6 Å². The average Bonchev–Trinajstić information content (AvgIpc) is 2.93. The first-order valence-corrected chi connectivity index (χ1v) is 12.8. The smallest absolute Gasteiger partial charge is 0.350 e. The van der Waals surface area contributed by atoms with Crippen LogP contribution in [0.25, 0.3) is 11.8 Å². The highest BCUT2D eigenvalue weighted by molar-refractivity contribution is 6.13. The average molecular weight is 564 g/mol. The minimum atomic E-state index is -1.11. The Hall–Kier alpha value is -4.78. The molecule has 0 spiro atoms. The van der Waals surface area contributed by atoms with Crippen LogP contribution in [0.5, 0.6) is 0 Å². The van der Waals surface area contributed by atoms with E-state index in [-0.39, 0.29) is 60.0 Å².